The summed E-state index contributed by atoms with van der Waals surface area (Å²) in [4.78, 5) is 23.0. The van der Waals surface area contributed by atoms with E-state index >= 15 is 0 Å². The molecule has 1 fully saturated rings. The number of carbonyl (C=O) groups is 2. The van der Waals surface area contributed by atoms with Crippen molar-refractivity contribution in [1.82, 2.24) is 10.6 Å². The Morgan fingerprint density at radius 1 is 1.37 bits per heavy atom. The molecule has 0 bridgehead atoms. The molecule has 1 heterocycles. The number of hydrogen-bond donors (Lipinski definition) is 2. The van der Waals surface area contributed by atoms with Crippen LogP contribution in [-0.4, -0.2) is 35.9 Å². The SMILES string of the molecule is O=C1CSCC(C(=O)NCCCc2ccccc2)N1. The van der Waals surface area contributed by atoms with Crippen LogP contribution in [0, 0.1) is 0 Å². The molecule has 0 aromatic heterocycles. The molecule has 2 amide bonds. The molecule has 1 aliphatic heterocycles. The number of rotatable bonds is 5. The smallest absolute Gasteiger partial charge is 0.243 e. The van der Waals surface area contributed by atoms with E-state index in [4.69, 9.17) is 0 Å². The molecule has 1 aromatic carbocycles. The number of thioether (sulfide) groups is 1. The maximum Gasteiger partial charge on any atom is 0.243 e. The van der Waals surface area contributed by atoms with Gasteiger partial charge in [0, 0.05) is 12.3 Å². The van der Waals surface area contributed by atoms with Crippen molar-refractivity contribution in [2.75, 3.05) is 18.1 Å². The monoisotopic (exact) mass is 278 g/mol. The Bertz CT molecular complexity index is 436. The summed E-state index contributed by atoms with van der Waals surface area (Å²) in [7, 11) is 0. The minimum atomic E-state index is -0.372. The van der Waals surface area contributed by atoms with E-state index in [2.05, 4.69) is 22.8 Å². The van der Waals surface area contributed by atoms with Crippen molar-refractivity contribution < 1.29 is 9.59 Å². The Hall–Kier alpha value is -1.49. The van der Waals surface area contributed by atoms with Gasteiger partial charge in [-0.3, -0.25) is 9.59 Å². The van der Waals surface area contributed by atoms with E-state index in [1.807, 2.05) is 18.2 Å². The molecule has 2 N–H and O–H groups in total. The molecule has 1 unspecified atom stereocenters. The third-order valence-electron chi connectivity index (χ3n) is 2.95. The van der Waals surface area contributed by atoms with E-state index in [1.165, 1.54) is 17.3 Å². The molecular formula is C14H18N2O2S. The van der Waals surface area contributed by atoms with Gasteiger partial charge in [0.1, 0.15) is 6.04 Å². The highest BCUT2D eigenvalue weighted by molar-refractivity contribution is 8.00. The highest BCUT2D eigenvalue weighted by Crippen LogP contribution is 2.08. The Morgan fingerprint density at radius 2 is 2.16 bits per heavy atom. The quantitative estimate of drug-likeness (QED) is 0.789. The second-order valence-corrected chi connectivity index (χ2v) is 5.55. The number of benzene rings is 1. The van der Waals surface area contributed by atoms with Gasteiger partial charge in [0.05, 0.1) is 5.75 Å². The second kappa shape index (κ2) is 7.19. The average Bonchev–Trinajstić information content (AvgIpc) is 2.44. The fourth-order valence-corrected chi connectivity index (χ4v) is 2.82. The van der Waals surface area contributed by atoms with Crippen LogP contribution in [0.4, 0.5) is 0 Å². The molecule has 0 saturated carbocycles. The van der Waals surface area contributed by atoms with E-state index in [-0.39, 0.29) is 17.9 Å². The van der Waals surface area contributed by atoms with Gasteiger partial charge < -0.3 is 10.6 Å². The van der Waals surface area contributed by atoms with E-state index in [1.54, 1.807) is 0 Å². The Morgan fingerprint density at radius 3 is 2.89 bits per heavy atom. The van der Waals surface area contributed by atoms with Crippen molar-refractivity contribution in [1.29, 1.82) is 0 Å². The summed E-state index contributed by atoms with van der Waals surface area (Å²) in [5, 5.41) is 5.58. The molecule has 0 spiro atoms. The highest BCUT2D eigenvalue weighted by atomic mass is 32.2. The lowest BCUT2D eigenvalue weighted by Crippen LogP contribution is -2.51. The van der Waals surface area contributed by atoms with Gasteiger partial charge in [-0.15, -0.1) is 11.8 Å². The third kappa shape index (κ3) is 4.59. The fourth-order valence-electron chi connectivity index (χ4n) is 1.96. The average molecular weight is 278 g/mol. The van der Waals surface area contributed by atoms with Gasteiger partial charge in [-0.2, -0.15) is 0 Å². The predicted molar refractivity (Wildman–Crippen MR) is 77.0 cm³/mol. The van der Waals surface area contributed by atoms with Crippen LogP contribution in [0.5, 0.6) is 0 Å². The van der Waals surface area contributed by atoms with Crippen LogP contribution >= 0.6 is 11.8 Å². The summed E-state index contributed by atoms with van der Waals surface area (Å²) >= 11 is 1.50. The molecular weight excluding hydrogens is 260 g/mol. The van der Waals surface area contributed by atoms with Crippen LogP contribution in [0.2, 0.25) is 0 Å². The Kier molecular flexibility index (Phi) is 5.27. The van der Waals surface area contributed by atoms with Gasteiger partial charge in [0.25, 0.3) is 0 Å². The molecule has 102 valence electrons. The van der Waals surface area contributed by atoms with Crippen molar-refractivity contribution in [3.8, 4) is 0 Å². The summed E-state index contributed by atoms with van der Waals surface area (Å²) in [6, 6.07) is 9.82. The summed E-state index contributed by atoms with van der Waals surface area (Å²) in [6.45, 7) is 0.644. The highest BCUT2D eigenvalue weighted by Gasteiger charge is 2.24. The Balaban J connectivity index is 1.65. The zero-order chi connectivity index (χ0) is 13.5. The first-order chi connectivity index (χ1) is 9.25. The molecule has 19 heavy (non-hydrogen) atoms. The number of aryl methyl sites for hydroxylation is 1. The molecule has 1 aliphatic rings. The van der Waals surface area contributed by atoms with Crippen LogP contribution in [0.25, 0.3) is 0 Å². The molecule has 0 radical (unpaired) electrons. The normalized spacial score (nSPS) is 18.7. The summed E-state index contributed by atoms with van der Waals surface area (Å²) in [5.41, 5.74) is 1.28. The molecule has 2 rings (SSSR count). The first kappa shape index (κ1) is 13.9. The number of carbonyl (C=O) groups excluding carboxylic acids is 2. The zero-order valence-corrected chi connectivity index (χ0v) is 11.5. The van der Waals surface area contributed by atoms with Gasteiger partial charge in [-0.1, -0.05) is 30.3 Å². The standard InChI is InChI=1S/C14H18N2O2S/c17-13-10-19-9-12(16-13)14(18)15-8-4-7-11-5-2-1-3-6-11/h1-3,5-6,12H,4,7-10H2,(H,15,18)(H,16,17). The topological polar surface area (TPSA) is 58.2 Å². The van der Waals surface area contributed by atoms with Crippen molar-refractivity contribution in [2.24, 2.45) is 0 Å². The molecule has 0 aliphatic carbocycles. The van der Waals surface area contributed by atoms with E-state index in [0.29, 0.717) is 18.1 Å². The van der Waals surface area contributed by atoms with Crippen molar-refractivity contribution >= 4 is 23.6 Å². The molecule has 1 saturated heterocycles. The minimum absolute atomic E-state index is 0.0549. The lowest BCUT2D eigenvalue weighted by molar-refractivity contribution is -0.127. The van der Waals surface area contributed by atoms with Crippen LogP contribution in [0.1, 0.15) is 12.0 Å². The molecule has 1 atom stereocenters. The maximum absolute atomic E-state index is 11.8. The van der Waals surface area contributed by atoms with Gasteiger partial charge >= 0.3 is 0 Å². The van der Waals surface area contributed by atoms with Crippen LogP contribution < -0.4 is 10.6 Å². The van der Waals surface area contributed by atoms with Gasteiger partial charge in [-0.05, 0) is 18.4 Å². The summed E-state index contributed by atoms with van der Waals surface area (Å²) in [5.74, 6) is 0.989. The summed E-state index contributed by atoms with van der Waals surface area (Å²) < 4.78 is 0. The van der Waals surface area contributed by atoms with E-state index < -0.39 is 0 Å². The van der Waals surface area contributed by atoms with Crippen molar-refractivity contribution in [3.63, 3.8) is 0 Å². The second-order valence-electron chi connectivity index (χ2n) is 4.52. The third-order valence-corrected chi connectivity index (χ3v) is 3.99. The molecule has 5 heteroatoms. The van der Waals surface area contributed by atoms with Crippen LogP contribution in [0.15, 0.2) is 30.3 Å². The van der Waals surface area contributed by atoms with Crippen LogP contribution in [-0.2, 0) is 16.0 Å². The molecule has 4 nitrogen and oxygen atoms in total. The Labute approximate surface area is 117 Å². The van der Waals surface area contributed by atoms with E-state index in [9.17, 15) is 9.59 Å². The fraction of sp³-hybridized carbons (Fsp3) is 0.429. The maximum atomic E-state index is 11.8. The number of amides is 2. The molecule has 1 aromatic rings. The zero-order valence-electron chi connectivity index (χ0n) is 10.7. The lowest BCUT2D eigenvalue weighted by Gasteiger charge is -2.21. The van der Waals surface area contributed by atoms with Gasteiger partial charge in [-0.25, -0.2) is 0 Å². The number of hydrogen-bond acceptors (Lipinski definition) is 3. The van der Waals surface area contributed by atoms with Gasteiger partial charge in [0.15, 0.2) is 0 Å². The summed E-state index contributed by atoms with van der Waals surface area (Å²) in [6.07, 6.45) is 1.86. The first-order valence-corrected chi connectivity index (χ1v) is 7.60. The van der Waals surface area contributed by atoms with E-state index in [0.717, 1.165) is 12.8 Å². The lowest BCUT2D eigenvalue weighted by atomic mass is 10.1. The largest absolute Gasteiger partial charge is 0.354 e. The first-order valence-electron chi connectivity index (χ1n) is 6.44. The van der Waals surface area contributed by atoms with Crippen molar-refractivity contribution in [2.45, 2.75) is 18.9 Å². The number of nitrogens with one attached hydrogen (secondary N) is 2. The van der Waals surface area contributed by atoms with Gasteiger partial charge in [0.2, 0.25) is 11.8 Å². The van der Waals surface area contributed by atoms with Crippen molar-refractivity contribution in [3.05, 3.63) is 35.9 Å². The predicted octanol–water partition coefficient (Wildman–Crippen LogP) is 0.967. The minimum Gasteiger partial charge on any atom is -0.354 e. The van der Waals surface area contributed by atoms with Crippen LogP contribution in [0.3, 0.4) is 0 Å².